The molecule has 2 aromatic rings. The highest BCUT2D eigenvalue weighted by molar-refractivity contribution is 6.32. The summed E-state index contributed by atoms with van der Waals surface area (Å²) in [6.45, 7) is 4.31. The molecule has 0 unspecified atom stereocenters. The molecule has 1 aromatic heterocycles. The van der Waals surface area contributed by atoms with Gasteiger partial charge in [0, 0.05) is 30.9 Å². The van der Waals surface area contributed by atoms with E-state index < -0.39 is 5.82 Å². The van der Waals surface area contributed by atoms with Gasteiger partial charge in [-0.25, -0.2) is 9.37 Å². The Morgan fingerprint density at radius 1 is 1.39 bits per heavy atom. The summed E-state index contributed by atoms with van der Waals surface area (Å²) in [5.41, 5.74) is 0.931. The molecule has 0 bridgehead atoms. The van der Waals surface area contributed by atoms with Gasteiger partial charge < -0.3 is 19.5 Å². The quantitative estimate of drug-likeness (QED) is 0.842. The molecule has 9 heteroatoms. The topological polar surface area (TPSA) is 78.5 Å². The monoisotopic (exact) mass is 406 g/mol. The average Bonchev–Trinajstić information content (AvgIpc) is 3.02. The van der Waals surface area contributed by atoms with Crippen LogP contribution in [0, 0.1) is 5.82 Å². The zero-order valence-electron chi connectivity index (χ0n) is 15.4. The van der Waals surface area contributed by atoms with E-state index in [9.17, 15) is 14.0 Å². The van der Waals surface area contributed by atoms with Gasteiger partial charge in [-0.05, 0) is 31.0 Å². The first kappa shape index (κ1) is 18.9. The van der Waals surface area contributed by atoms with Crippen LogP contribution in [0.25, 0.3) is 0 Å². The second-order valence-corrected chi connectivity index (χ2v) is 7.38. The maximum Gasteiger partial charge on any atom is 0.252 e. The lowest BCUT2D eigenvalue weighted by molar-refractivity contribution is -0.118. The maximum atomic E-state index is 13.7. The van der Waals surface area contributed by atoms with Gasteiger partial charge in [0.2, 0.25) is 5.91 Å². The summed E-state index contributed by atoms with van der Waals surface area (Å²) in [6.07, 6.45) is 0.418. The van der Waals surface area contributed by atoms with Crippen molar-refractivity contribution in [3.8, 4) is 0 Å². The number of hydrogen-bond donors (Lipinski definition) is 1. The summed E-state index contributed by atoms with van der Waals surface area (Å²) in [7, 11) is 0. The van der Waals surface area contributed by atoms with Crippen molar-refractivity contribution >= 4 is 29.0 Å². The van der Waals surface area contributed by atoms with Gasteiger partial charge in [0.1, 0.15) is 17.5 Å². The first-order chi connectivity index (χ1) is 13.4. The van der Waals surface area contributed by atoms with Crippen molar-refractivity contribution in [1.82, 2.24) is 9.97 Å². The van der Waals surface area contributed by atoms with Crippen LogP contribution in [0.3, 0.4) is 0 Å². The standard InChI is InChI=1S/C19H20ClFN4O3/c1-11-8-12-14(3-2-13(21)19(12)20)25(11)18(27)9-15-22-16(10-17(26)23-15)24-4-6-28-7-5-24/h2-3,10-11H,4-9H2,1H3,(H,22,23,26)/t11-/m1/s1. The Kier molecular flexibility index (Phi) is 5.07. The number of amides is 1. The number of nitrogens with one attached hydrogen (secondary N) is 1. The Morgan fingerprint density at radius 2 is 2.14 bits per heavy atom. The number of carbonyl (C=O) groups is 1. The van der Waals surface area contributed by atoms with E-state index in [1.807, 2.05) is 11.8 Å². The summed E-state index contributed by atoms with van der Waals surface area (Å²) < 4.78 is 19.1. The zero-order valence-corrected chi connectivity index (χ0v) is 16.1. The van der Waals surface area contributed by atoms with Crippen molar-refractivity contribution in [2.45, 2.75) is 25.8 Å². The number of morpholine rings is 1. The minimum absolute atomic E-state index is 0.0560. The third-order valence-corrected chi connectivity index (χ3v) is 5.48. The number of benzene rings is 1. The second kappa shape index (κ2) is 7.52. The highest BCUT2D eigenvalue weighted by atomic mass is 35.5. The normalized spacial score (nSPS) is 19.0. The van der Waals surface area contributed by atoms with Crippen LogP contribution >= 0.6 is 11.6 Å². The number of halogens is 2. The molecule has 7 nitrogen and oxygen atoms in total. The van der Waals surface area contributed by atoms with Crippen LogP contribution < -0.4 is 15.4 Å². The molecule has 1 N–H and O–H groups in total. The van der Waals surface area contributed by atoms with Gasteiger partial charge in [0.25, 0.3) is 5.56 Å². The Labute approximate surface area is 166 Å². The van der Waals surface area contributed by atoms with E-state index >= 15 is 0 Å². The lowest BCUT2D eigenvalue weighted by Gasteiger charge is -2.28. The Morgan fingerprint density at radius 3 is 2.89 bits per heavy atom. The van der Waals surface area contributed by atoms with Crippen LogP contribution in [0.5, 0.6) is 0 Å². The minimum atomic E-state index is -0.494. The van der Waals surface area contributed by atoms with Crippen LogP contribution in [0.15, 0.2) is 23.0 Å². The predicted molar refractivity (Wildman–Crippen MR) is 104 cm³/mol. The van der Waals surface area contributed by atoms with Crippen molar-refractivity contribution in [2.75, 3.05) is 36.1 Å². The highest BCUT2D eigenvalue weighted by Gasteiger charge is 2.33. The smallest absolute Gasteiger partial charge is 0.252 e. The molecule has 3 heterocycles. The number of carbonyl (C=O) groups excluding carboxylic acids is 1. The molecule has 1 atom stereocenters. The van der Waals surface area contributed by atoms with E-state index in [-0.39, 0.29) is 29.0 Å². The van der Waals surface area contributed by atoms with Gasteiger partial charge in [-0.2, -0.15) is 0 Å². The Hall–Kier alpha value is -2.45. The molecule has 4 rings (SSSR count). The number of aromatic nitrogens is 2. The number of H-pyrrole nitrogens is 1. The summed E-state index contributed by atoms with van der Waals surface area (Å²) >= 11 is 6.07. The number of anilines is 2. The molecule has 0 aliphatic carbocycles. The molecule has 1 aromatic carbocycles. The molecule has 2 aliphatic heterocycles. The molecule has 1 saturated heterocycles. The van der Waals surface area contributed by atoms with Gasteiger partial charge in [-0.15, -0.1) is 0 Å². The first-order valence-corrected chi connectivity index (χ1v) is 9.53. The van der Waals surface area contributed by atoms with Crippen molar-refractivity contribution < 1.29 is 13.9 Å². The number of ether oxygens (including phenoxy) is 1. The van der Waals surface area contributed by atoms with Crippen molar-refractivity contribution in [1.29, 1.82) is 0 Å². The zero-order chi connectivity index (χ0) is 19.8. The Balaban J connectivity index is 1.59. The minimum Gasteiger partial charge on any atom is -0.378 e. The van der Waals surface area contributed by atoms with Crippen molar-refractivity contribution in [3.63, 3.8) is 0 Å². The largest absolute Gasteiger partial charge is 0.378 e. The summed E-state index contributed by atoms with van der Waals surface area (Å²) in [5, 5.41) is 0.0560. The van der Waals surface area contributed by atoms with Gasteiger partial charge in [0.05, 0.1) is 24.7 Å². The number of aromatic amines is 1. The molecular formula is C19H20ClFN4O3. The molecule has 148 valence electrons. The molecule has 2 aliphatic rings. The lowest BCUT2D eigenvalue weighted by Crippen LogP contribution is -2.39. The van der Waals surface area contributed by atoms with Crippen LogP contribution in [-0.2, 0) is 22.4 Å². The molecule has 1 fully saturated rings. The first-order valence-electron chi connectivity index (χ1n) is 9.16. The average molecular weight is 407 g/mol. The lowest BCUT2D eigenvalue weighted by atomic mass is 10.1. The van der Waals surface area contributed by atoms with Gasteiger partial charge in [0.15, 0.2) is 0 Å². The number of fused-ring (bicyclic) bond motifs is 1. The predicted octanol–water partition coefficient (Wildman–Crippen LogP) is 1.92. The van der Waals surface area contributed by atoms with E-state index in [1.165, 1.54) is 12.1 Å². The molecule has 0 radical (unpaired) electrons. The molecule has 0 spiro atoms. The van der Waals surface area contributed by atoms with Crippen LogP contribution in [0.2, 0.25) is 5.02 Å². The number of nitrogens with zero attached hydrogens (tertiary/aromatic N) is 3. The number of rotatable bonds is 3. The molecule has 1 amide bonds. The highest BCUT2D eigenvalue weighted by Crippen LogP contribution is 2.38. The van der Waals surface area contributed by atoms with Crippen LogP contribution in [-0.4, -0.2) is 48.2 Å². The fraction of sp³-hybridized carbons (Fsp3) is 0.421. The number of hydrogen-bond acceptors (Lipinski definition) is 5. The fourth-order valence-corrected chi connectivity index (χ4v) is 4.00. The van der Waals surface area contributed by atoms with Gasteiger partial charge in [-0.1, -0.05) is 11.6 Å². The molecule has 28 heavy (non-hydrogen) atoms. The van der Waals surface area contributed by atoms with Crippen molar-refractivity contribution in [3.05, 3.63) is 50.8 Å². The van der Waals surface area contributed by atoms with E-state index in [4.69, 9.17) is 16.3 Å². The maximum absolute atomic E-state index is 13.7. The summed E-state index contributed by atoms with van der Waals surface area (Å²) in [5.74, 6) is 0.116. The van der Waals surface area contributed by atoms with E-state index in [0.29, 0.717) is 55.6 Å². The molecular weight excluding hydrogens is 387 g/mol. The van der Waals surface area contributed by atoms with E-state index in [2.05, 4.69) is 9.97 Å². The second-order valence-electron chi connectivity index (χ2n) is 7.00. The molecule has 0 saturated carbocycles. The van der Waals surface area contributed by atoms with Gasteiger partial charge in [-0.3, -0.25) is 9.59 Å². The van der Waals surface area contributed by atoms with E-state index in [0.717, 1.165) is 0 Å². The van der Waals surface area contributed by atoms with Crippen molar-refractivity contribution in [2.24, 2.45) is 0 Å². The summed E-state index contributed by atoms with van der Waals surface area (Å²) in [4.78, 5) is 35.7. The van der Waals surface area contributed by atoms with Crippen LogP contribution in [0.4, 0.5) is 15.9 Å². The van der Waals surface area contributed by atoms with Gasteiger partial charge >= 0.3 is 0 Å². The third-order valence-electron chi connectivity index (χ3n) is 5.07. The third kappa shape index (κ3) is 3.49. The SMILES string of the molecule is C[C@@H]1Cc2c(ccc(F)c2Cl)N1C(=O)Cc1nc(N2CCOCC2)cc(=O)[nH]1. The summed E-state index contributed by atoms with van der Waals surface area (Å²) in [6, 6.07) is 4.10. The van der Waals surface area contributed by atoms with Crippen LogP contribution in [0.1, 0.15) is 18.3 Å². The van der Waals surface area contributed by atoms with E-state index in [1.54, 1.807) is 11.0 Å². The Bertz CT molecular complexity index is 974. The fourth-order valence-electron chi connectivity index (χ4n) is 3.77.